The van der Waals surface area contributed by atoms with Crippen molar-refractivity contribution < 1.29 is 0 Å². The summed E-state index contributed by atoms with van der Waals surface area (Å²) in [5.74, 6) is 1.66. The van der Waals surface area contributed by atoms with E-state index >= 15 is 0 Å². The van der Waals surface area contributed by atoms with Crippen LogP contribution in [0.3, 0.4) is 0 Å². The number of hydrogen-bond donors (Lipinski definition) is 2. The van der Waals surface area contributed by atoms with Gasteiger partial charge in [-0.15, -0.1) is 0 Å². The van der Waals surface area contributed by atoms with Gasteiger partial charge in [-0.1, -0.05) is 36.4 Å². The van der Waals surface area contributed by atoms with Crippen LogP contribution in [-0.2, 0) is 13.1 Å². The molecule has 0 bridgehead atoms. The quantitative estimate of drug-likeness (QED) is 0.161. The average molecular weight is 811 g/mol. The van der Waals surface area contributed by atoms with Crippen LogP contribution >= 0.6 is 0 Å². The Bertz CT molecular complexity index is 3790. The van der Waals surface area contributed by atoms with Crippen LogP contribution in [0.2, 0.25) is 0 Å². The summed E-state index contributed by atoms with van der Waals surface area (Å²) in [6.07, 6.45) is 8.24. The van der Waals surface area contributed by atoms with Gasteiger partial charge >= 0.3 is 0 Å². The van der Waals surface area contributed by atoms with Crippen molar-refractivity contribution >= 4 is 109 Å². The molecule has 0 aliphatic carbocycles. The molecule has 10 heteroatoms. The third kappa shape index (κ3) is 4.94. The van der Waals surface area contributed by atoms with Gasteiger partial charge in [-0.3, -0.25) is 19.9 Å². The van der Waals surface area contributed by atoms with Crippen molar-refractivity contribution in [2.45, 2.75) is 19.5 Å². The van der Waals surface area contributed by atoms with Crippen LogP contribution in [0.4, 0.5) is 0 Å². The van der Waals surface area contributed by atoms with Gasteiger partial charge in [-0.05, 0) is 103 Å². The molecular weight excluding hydrogens is 777 g/mol. The number of rotatable bonds is 6. The summed E-state index contributed by atoms with van der Waals surface area (Å²) in [4.78, 5) is 36.6. The van der Waals surface area contributed by atoms with E-state index < -0.39 is 0 Å². The molecule has 0 fully saturated rings. The first-order valence-electron chi connectivity index (χ1n) is 21.3. The van der Waals surface area contributed by atoms with Crippen molar-refractivity contribution in [1.82, 2.24) is 49.0 Å². The van der Waals surface area contributed by atoms with Gasteiger partial charge in [0.1, 0.15) is 11.6 Å². The minimum Gasteiger partial charge on any atom is -0.340 e. The van der Waals surface area contributed by atoms with Crippen LogP contribution < -0.4 is 0 Å². The fraction of sp³-hybridized carbons (Fsp3) is 0.0566. The van der Waals surface area contributed by atoms with Crippen molar-refractivity contribution in [2.24, 2.45) is 0 Å². The molecule has 63 heavy (non-hydrogen) atoms. The zero-order valence-electron chi connectivity index (χ0n) is 33.7. The van der Waals surface area contributed by atoms with Gasteiger partial charge in [-0.25, -0.2) is 9.97 Å². The molecule has 296 valence electrons. The molecule has 8 aromatic heterocycles. The molecule has 0 atom stereocenters. The topological polar surface area (TPSA) is 119 Å². The molecule has 14 rings (SSSR count). The number of fused-ring (bicyclic) bond motifs is 18. The van der Waals surface area contributed by atoms with Gasteiger partial charge in [0.05, 0.1) is 44.1 Å². The number of para-hydroxylation sites is 2. The van der Waals surface area contributed by atoms with E-state index in [9.17, 15) is 0 Å². The summed E-state index contributed by atoms with van der Waals surface area (Å²) in [7, 11) is 0. The van der Waals surface area contributed by atoms with Gasteiger partial charge < -0.3 is 19.1 Å². The SMILES string of the molecule is c1cnc2c(c1)c1nc(-c3ccc4c(c3)c3ccccc3n4CCCn3c4ccccc4c4cc(-c5nc6c7cccnc7c7ncccc7c6[nH]5)ccc43)[nH]c1c1cccnc12. The maximum absolute atomic E-state index is 5.19. The zero-order valence-corrected chi connectivity index (χ0v) is 33.7. The molecule has 14 aromatic rings. The monoisotopic (exact) mass is 810 g/mol. The largest absolute Gasteiger partial charge is 0.340 e. The molecule has 0 saturated heterocycles. The fourth-order valence-electron chi connectivity index (χ4n) is 10.2. The minimum absolute atomic E-state index is 0.830. The molecule has 2 N–H and O–H groups in total. The molecule has 0 amide bonds. The first kappa shape index (κ1) is 34.2. The number of H-pyrrole nitrogens is 2. The second-order valence-electron chi connectivity index (χ2n) is 16.4. The summed E-state index contributed by atoms with van der Waals surface area (Å²) >= 11 is 0. The number of hydrogen-bond acceptors (Lipinski definition) is 6. The van der Waals surface area contributed by atoms with Crippen molar-refractivity contribution in [2.75, 3.05) is 0 Å². The van der Waals surface area contributed by atoms with E-state index in [1.54, 1.807) is 0 Å². The Kier molecular flexibility index (Phi) is 7.07. The van der Waals surface area contributed by atoms with E-state index in [0.29, 0.717) is 0 Å². The molecular formula is C53H34N10. The third-order valence-corrected chi connectivity index (χ3v) is 13.0. The Morgan fingerprint density at radius 1 is 0.349 bits per heavy atom. The maximum Gasteiger partial charge on any atom is 0.138 e. The van der Waals surface area contributed by atoms with Crippen LogP contribution in [0.15, 0.2) is 158 Å². The molecule has 8 heterocycles. The predicted molar refractivity (Wildman–Crippen MR) is 255 cm³/mol. The molecule has 10 nitrogen and oxygen atoms in total. The summed E-state index contributed by atoms with van der Waals surface area (Å²) in [5, 5.41) is 8.92. The molecule has 0 saturated carbocycles. The van der Waals surface area contributed by atoms with Gasteiger partial charge in [0.2, 0.25) is 0 Å². The van der Waals surface area contributed by atoms with Gasteiger partial charge in [0.25, 0.3) is 0 Å². The number of aromatic amines is 2. The Morgan fingerprint density at radius 2 is 0.730 bits per heavy atom. The highest BCUT2D eigenvalue weighted by Crippen LogP contribution is 2.38. The van der Waals surface area contributed by atoms with E-state index in [4.69, 9.17) is 29.9 Å². The lowest BCUT2D eigenvalue weighted by Crippen LogP contribution is -2.04. The molecule has 0 aliphatic rings. The number of benzene rings is 6. The van der Waals surface area contributed by atoms with Crippen molar-refractivity contribution in [1.29, 1.82) is 0 Å². The van der Waals surface area contributed by atoms with E-state index in [-0.39, 0.29) is 0 Å². The highest BCUT2D eigenvalue weighted by Gasteiger charge is 2.20. The van der Waals surface area contributed by atoms with E-state index in [0.717, 1.165) is 108 Å². The minimum atomic E-state index is 0.830. The van der Waals surface area contributed by atoms with Gasteiger partial charge in [0.15, 0.2) is 0 Å². The predicted octanol–water partition coefficient (Wildman–Crippen LogP) is 12.3. The second-order valence-corrected chi connectivity index (χ2v) is 16.4. The first-order chi connectivity index (χ1) is 31.2. The Morgan fingerprint density at radius 3 is 1.19 bits per heavy atom. The van der Waals surface area contributed by atoms with Crippen LogP contribution in [0, 0.1) is 0 Å². The van der Waals surface area contributed by atoms with Crippen molar-refractivity contribution in [3.8, 4) is 22.8 Å². The first-order valence-corrected chi connectivity index (χ1v) is 21.3. The average Bonchev–Trinajstić information content (AvgIpc) is 4.14. The number of pyridine rings is 4. The summed E-state index contributed by atoms with van der Waals surface area (Å²) < 4.78 is 4.97. The Labute approximate surface area is 357 Å². The maximum atomic E-state index is 5.19. The molecule has 0 unspecified atom stereocenters. The Hall–Kier alpha value is -8.50. The highest BCUT2D eigenvalue weighted by molar-refractivity contribution is 6.22. The lowest BCUT2D eigenvalue weighted by atomic mass is 10.1. The van der Waals surface area contributed by atoms with E-state index in [2.05, 4.69) is 128 Å². The van der Waals surface area contributed by atoms with Crippen molar-refractivity contribution in [3.05, 3.63) is 158 Å². The zero-order chi connectivity index (χ0) is 41.2. The third-order valence-electron chi connectivity index (χ3n) is 13.0. The summed E-state index contributed by atoms with van der Waals surface area (Å²) in [5.41, 5.74) is 14.2. The Balaban J connectivity index is 0.824. The smallest absolute Gasteiger partial charge is 0.138 e. The molecule has 0 aliphatic heterocycles. The van der Waals surface area contributed by atoms with E-state index in [1.807, 2.05) is 49.1 Å². The fourth-order valence-corrected chi connectivity index (χ4v) is 10.2. The van der Waals surface area contributed by atoms with Gasteiger partial charge in [0, 0.05) is 114 Å². The number of aryl methyl sites for hydroxylation is 2. The number of imidazole rings is 2. The normalized spacial score (nSPS) is 12.3. The van der Waals surface area contributed by atoms with Crippen molar-refractivity contribution in [3.63, 3.8) is 0 Å². The van der Waals surface area contributed by atoms with Crippen LogP contribution in [-0.4, -0.2) is 49.0 Å². The molecule has 6 aromatic carbocycles. The lowest BCUT2D eigenvalue weighted by Gasteiger charge is -2.11. The lowest BCUT2D eigenvalue weighted by molar-refractivity contribution is 0.603. The second kappa shape index (κ2) is 13.0. The number of nitrogens with zero attached hydrogens (tertiary/aromatic N) is 8. The highest BCUT2D eigenvalue weighted by atomic mass is 15.0. The molecule has 0 spiro atoms. The molecule has 0 radical (unpaired) electrons. The summed E-state index contributed by atoms with van der Waals surface area (Å²) in [6.45, 7) is 1.73. The van der Waals surface area contributed by atoms with E-state index in [1.165, 1.54) is 43.6 Å². The van der Waals surface area contributed by atoms with Crippen LogP contribution in [0.5, 0.6) is 0 Å². The van der Waals surface area contributed by atoms with Crippen LogP contribution in [0.1, 0.15) is 6.42 Å². The number of aromatic nitrogens is 10. The van der Waals surface area contributed by atoms with Gasteiger partial charge in [-0.2, -0.15) is 0 Å². The standard InChI is InChI=1S/C53H34N10/c1-3-16-40-32(10-1)38-28-30(52-58-48-34-12-5-22-54-44(34)45-35(49(48)59-52)13-6-23-55-45)18-20-42(38)62(40)26-9-27-63-41-17-4-2-11-33(41)39-29-31(19-21-43(39)63)53-60-50-36-14-7-24-56-46(36)47-37(51(50)61-53)15-8-25-57-47/h1-8,10-25,28-29H,9,26-27H2,(H,58,59)(H,60,61). The number of nitrogens with one attached hydrogen (secondary N) is 2. The summed E-state index contributed by atoms with van der Waals surface area (Å²) in [6, 6.07) is 47.2. The van der Waals surface area contributed by atoms with Crippen LogP contribution in [0.25, 0.3) is 132 Å².